The van der Waals surface area contributed by atoms with Crippen molar-refractivity contribution in [1.29, 1.82) is 0 Å². The van der Waals surface area contributed by atoms with Crippen LogP contribution in [0, 0.1) is 5.82 Å². The number of likely N-dealkylation sites (tertiary alicyclic amines) is 1. The highest BCUT2D eigenvalue weighted by atomic mass is 35.5. The summed E-state index contributed by atoms with van der Waals surface area (Å²) in [6.45, 7) is 0.799. The molecule has 2 N–H and O–H groups in total. The van der Waals surface area contributed by atoms with E-state index in [1.807, 2.05) is 0 Å². The molecule has 4 heterocycles. The van der Waals surface area contributed by atoms with Gasteiger partial charge in [-0.05, 0) is 18.2 Å². The summed E-state index contributed by atoms with van der Waals surface area (Å²) in [5.41, 5.74) is -1.11. The van der Waals surface area contributed by atoms with Crippen LogP contribution in [-0.2, 0) is 11.6 Å². The van der Waals surface area contributed by atoms with E-state index in [-0.39, 0.29) is 23.2 Å². The van der Waals surface area contributed by atoms with Crippen molar-refractivity contribution in [1.82, 2.24) is 24.6 Å². The maximum absolute atomic E-state index is 13.4. The highest BCUT2D eigenvalue weighted by molar-refractivity contribution is 6.31. The van der Waals surface area contributed by atoms with Crippen LogP contribution in [0.15, 0.2) is 36.7 Å². The first-order chi connectivity index (χ1) is 14.6. The number of urea groups is 1. The molecule has 3 aromatic rings. The third-order valence-corrected chi connectivity index (χ3v) is 5.41. The van der Waals surface area contributed by atoms with Gasteiger partial charge >= 0.3 is 12.2 Å². The van der Waals surface area contributed by atoms with Crippen molar-refractivity contribution in [3.05, 3.63) is 58.9 Å². The van der Waals surface area contributed by atoms with E-state index >= 15 is 0 Å². The molecule has 4 rings (SSSR count). The second kappa shape index (κ2) is 7.56. The topological polar surface area (TPSA) is 74.6 Å². The SMILES string of the molecule is CNC(=O)N1CC(CNc2cc(Cl)cc3nc(C(F)(F)F)cn23)(c2ccc(F)cn2)C1. The van der Waals surface area contributed by atoms with E-state index in [4.69, 9.17) is 11.6 Å². The van der Waals surface area contributed by atoms with Crippen LogP contribution in [0.2, 0.25) is 5.02 Å². The minimum atomic E-state index is -4.60. The number of imidazole rings is 1. The number of nitrogens with one attached hydrogen (secondary N) is 2. The Balaban J connectivity index is 1.65. The van der Waals surface area contributed by atoms with E-state index in [1.165, 1.54) is 35.7 Å². The predicted molar refractivity (Wildman–Crippen MR) is 106 cm³/mol. The van der Waals surface area contributed by atoms with Crippen LogP contribution in [0.5, 0.6) is 0 Å². The van der Waals surface area contributed by atoms with Gasteiger partial charge in [-0.2, -0.15) is 13.2 Å². The molecule has 1 fully saturated rings. The maximum Gasteiger partial charge on any atom is 0.434 e. The van der Waals surface area contributed by atoms with Gasteiger partial charge in [0.1, 0.15) is 17.3 Å². The lowest BCUT2D eigenvalue weighted by atomic mass is 9.76. The van der Waals surface area contributed by atoms with Gasteiger partial charge in [-0.25, -0.2) is 14.2 Å². The minimum Gasteiger partial charge on any atom is -0.370 e. The lowest BCUT2D eigenvalue weighted by molar-refractivity contribution is -0.140. The third-order valence-electron chi connectivity index (χ3n) is 5.19. The Bertz CT molecular complexity index is 1120. The molecule has 0 radical (unpaired) electrons. The van der Waals surface area contributed by atoms with E-state index in [0.29, 0.717) is 24.6 Å². The number of pyridine rings is 2. The molecule has 1 aliphatic rings. The quantitative estimate of drug-likeness (QED) is 0.589. The van der Waals surface area contributed by atoms with Crippen molar-refractivity contribution in [2.75, 3.05) is 32.0 Å². The molecule has 2 amide bonds. The van der Waals surface area contributed by atoms with E-state index in [9.17, 15) is 22.4 Å². The smallest absolute Gasteiger partial charge is 0.370 e. The summed E-state index contributed by atoms with van der Waals surface area (Å²) in [6.07, 6.45) is -2.63. The molecular weight excluding hydrogens is 440 g/mol. The number of hydrogen-bond acceptors (Lipinski definition) is 4. The number of alkyl halides is 3. The fraction of sp³-hybridized carbons (Fsp3) is 0.316. The zero-order valence-corrected chi connectivity index (χ0v) is 16.9. The van der Waals surface area contributed by atoms with Gasteiger partial charge in [0, 0.05) is 44.0 Å². The van der Waals surface area contributed by atoms with Crippen LogP contribution < -0.4 is 10.6 Å². The van der Waals surface area contributed by atoms with Crippen LogP contribution in [0.4, 0.5) is 28.2 Å². The summed E-state index contributed by atoms with van der Waals surface area (Å²) in [5, 5.41) is 5.85. The molecule has 0 spiro atoms. The average Bonchev–Trinajstić information content (AvgIpc) is 3.12. The van der Waals surface area contributed by atoms with Gasteiger partial charge < -0.3 is 15.5 Å². The number of hydrogen-bond donors (Lipinski definition) is 2. The molecule has 0 unspecified atom stereocenters. The summed E-state index contributed by atoms with van der Waals surface area (Å²) in [7, 11) is 1.51. The molecule has 0 aromatic carbocycles. The number of fused-ring (bicyclic) bond motifs is 1. The van der Waals surface area contributed by atoms with Gasteiger partial charge in [0.05, 0.1) is 17.3 Å². The Hall–Kier alpha value is -3.08. The summed E-state index contributed by atoms with van der Waals surface area (Å²) < 4.78 is 53.9. The van der Waals surface area contributed by atoms with Gasteiger partial charge in [0.15, 0.2) is 5.69 Å². The highest BCUT2D eigenvalue weighted by Gasteiger charge is 2.47. The summed E-state index contributed by atoms with van der Waals surface area (Å²) in [5.74, 6) is -0.200. The van der Waals surface area contributed by atoms with Crippen molar-refractivity contribution < 1.29 is 22.4 Å². The fourth-order valence-electron chi connectivity index (χ4n) is 3.63. The third kappa shape index (κ3) is 3.97. The number of carbonyl (C=O) groups excluding carboxylic acids is 1. The number of aromatic nitrogens is 3. The van der Waals surface area contributed by atoms with Gasteiger partial charge in [0.25, 0.3) is 0 Å². The lowest BCUT2D eigenvalue weighted by Crippen LogP contribution is -2.65. The number of carbonyl (C=O) groups is 1. The average molecular weight is 457 g/mol. The van der Waals surface area contributed by atoms with Crippen LogP contribution in [0.25, 0.3) is 5.65 Å². The molecule has 1 aliphatic heterocycles. The second-order valence-electron chi connectivity index (χ2n) is 7.32. The molecule has 0 aliphatic carbocycles. The van der Waals surface area contributed by atoms with Gasteiger partial charge in [-0.15, -0.1) is 0 Å². The van der Waals surface area contributed by atoms with Gasteiger partial charge in [-0.1, -0.05) is 11.6 Å². The largest absolute Gasteiger partial charge is 0.434 e. The van der Waals surface area contributed by atoms with Crippen LogP contribution in [-0.4, -0.2) is 52.0 Å². The standard InChI is InChI=1S/C19H17ClF4N6O/c1-25-17(31)29-9-18(10-29,13-3-2-12(21)6-26-13)8-27-15-4-11(20)5-16-28-14(7-30(15)16)19(22,23)24/h2-7,27H,8-10H2,1H3,(H,25,31). The van der Waals surface area contributed by atoms with Crippen molar-refractivity contribution in [3.63, 3.8) is 0 Å². The summed E-state index contributed by atoms with van der Waals surface area (Å²) in [4.78, 5) is 21.2. The first kappa shape index (κ1) is 21.2. The lowest BCUT2D eigenvalue weighted by Gasteiger charge is -2.49. The zero-order chi connectivity index (χ0) is 22.4. The monoisotopic (exact) mass is 456 g/mol. The number of halogens is 5. The van der Waals surface area contributed by atoms with E-state index in [1.54, 1.807) is 4.90 Å². The molecule has 12 heteroatoms. The molecule has 31 heavy (non-hydrogen) atoms. The van der Waals surface area contributed by atoms with Crippen LogP contribution in [0.3, 0.4) is 0 Å². The predicted octanol–water partition coefficient (Wildman–Crippen LogP) is 3.55. The van der Waals surface area contributed by atoms with Crippen molar-refractivity contribution in [2.24, 2.45) is 0 Å². The molecule has 7 nitrogen and oxygen atoms in total. The Morgan fingerprint density at radius 1 is 1.29 bits per heavy atom. The van der Waals surface area contributed by atoms with Crippen molar-refractivity contribution in [2.45, 2.75) is 11.6 Å². The molecular formula is C19H17ClF4N6O. The maximum atomic E-state index is 13.4. The molecule has 164 valence electrons. The zero-order valence-electron chi connectivity index (χ0n) is 16.2. The molecule has 3 aromatic heterocycles. The number of anilines is 1. The molecule has 0 saturated carbocycles. The Labute approximate surface area is 179 Å². The van der Waals surface area contributed by atoms with Crippen LogP contribution in [0.1, 0.15) is 11.4 Å². The summed E-state index contributed by atoms with van der Waals surface area (Å²) >= 11 is 6.07. The van der Waals surface area contributed by atoms with E-state index in [2.05, 4.69) is 20.6 Å². The number of amides is 2. The van der Waals surface area contributed by atoms with Gasteiger partial charge in [-0.3, -0.25) is 9.38 Å². The Kier molecular flexibility index (Phi) is 5.16. The highest BCUT2D eigenvalue weighted by Crippen LogP contribution is 2.35. The van der Waals surface area contributed by atoms with E-state index < -0.39 is 23.1 Å². The van der Waals surface area contributed by atoms with Crippen LogP contribution >= 0.6 is 11.6 Å². The van der Waals surface area contributed by atoms with Crippen molar-refractivity contribution >= 4 is 29.1 Å². The number of nitrogens with zero attached hydrogens (tertiary/aromatic N) is 4. The first-order valence-corrected chi connectivity index (χ1v) is 9.57. The Morgan fingerprint density at radius 2 is 2.03 bits per heavy atom. The Morgan fingerprint density at radius 3 is 2.65 bits per heavy atom. The molecule has 0 atom stereocenters. The van der Waals surface area contributed by atoms with Gasteiger partial charge in [0.2, 0.25) is 0 Å². The second-order valence-corrected chi connectivity index (χ2v) is 7.75. The normalized spacial score (nSPS) is 15.6. The summed E-state index contributed by atoms with van der Waals surface area (Å²) in [6, 6.07) is 5.35. The van der Waals surface area contributed by atoms with Crippen molar-refractivity contribution in [3.8, 4) is 0 Å². The molecule has 0 bridgehead atoms. The first-order valence-electron chi connectivity index (χ1n) is 9.20. The fourth-order valence-corrected chi connectivity index (χ4v) is 3.83. The molecule has 1 saturated heterocycles. The number of rotatable bonds is 4. The van der Waals surface area contributed by atoms with E-state index in [0.717, 1.165) is 12.4 Å². The minimum absolute atomic E-state index is 0.0388.